The van der Waals surface area contributed by atoms with Crippen LogP contribution in [-0.2, 0) is 22.6 Å². The lowest BCUT2D eigenvalue weighted by Gasteiger charge is -2.32. The Morgan fingerprint density at radius 3 is 3.17 bits per heavy atom. The van der Waals surface area contributed by atoms with Gasteiger partial charge in [0.1, 0.15) is 0 Å². The number of aromatic nitrogens is 3. The van der Waals surface area contributed by atoms with Crippen LogP contribution in [0.2, 0.25) is 0 Å². The van der Waals surface area contributed by atoms with Crippen LogP contribution in [0.3, 0.4) is 0 Å². The van der Waals surface area contributed by atoms with Crippen LogP contribution in [0, 0.1) is 6.92 Å². The first-order valence-electron chi connectivity index (χ1n) is 7.63. The smallest absolute Gasteiger partial charge is 0.223 e. The van der Waals surface area contributed by atoms with Gasteiger partial charge in [-0.15, -0.1) is 11.3 Å². The molecule has 1 amide bonds. The molecule has 1 unspecified atom stereocenters. The molecule has 1 atom stereocenters. The Bertz CT molecular complexity index is 668. The van der Waals surface area contributed by atoms with Crippen LogP contribution in [-0.4, -0.2) is 51.4 Å². The van der Waals surface area contributed by atoms with Gasteiger partial charge in [-0.2, -0.15) is 5.10 Å². The first-order chi connectivity index (χ1) is 11.1. The minimum atomic E-state index is -0.0909. The second kappa shape index (κ2) is 7.20. The molecule has 3 heterocycles. The first kappa shape index (κ1) is 16.1. The van der Waals surface area contributed by atoms with Gasteiger partial charge in [0, 0.05) is 38.1 Å². The highest BCUT2D eigenvalue weighted by atomic mass is 32.1. The molecule has 0 saturated carbocycles. The summed E-state index contributed by atoms with van der Waals surface area (Å²) in [5.41, 5.74) is 2.14. The molecule has 1 saturated heterocycles. The van der Waals surface area contributed by atoms with E-state index in [1.165, 1.54) is 18.3 Å². The van der Waals surface area contributed by atoms with Gasteiger partial charge < -0.3 is 10.1 Å². The number of hydrogen-bond donors (Lipinski definition) is 1. The molecule has 0 aliphatic carbocycles. The largest absolute Gasteiger partial charge is 0.374 e. The lowest BCUT2D eigenvalue weighted by molar-refractivity contribution is -0.114. The standard InChI is InChI=1S/C15H21N5O2S/c1-11-5-16-20(6-11)9-14-8-19(3-4-22-14)7-13-10-23-15(18-13)17-12(2)21/h5-6,10,14H,3-4,7-9H2,1-2H3,(H,17,18,21). The summed E-state index contributed by atoms with van der Waals surface area (Å²) in [6, 6.07) is 0. The van der Waals surface area contributed by atoms with Crippen molar-refractivity contribution in [2.24, 2.45) is 0 Å². The van der Waals surface area contributed by atoms with Crippen LogP contribution >= 0.6 is 11.3 Å². The molecule has 2 aromatic rings. The zero-order chi connectivity index (χ0) is 16.2. The molecular weight excluding hydrogens is 314 g/mol. The summed E-state index contributed by atoms with van der Waals surface area (Å²) in [6.07, 6.45) is 4.03. The Morgan fingerprint density at radius 1 is 1.57 bits per heavy atom. The van der Waals surface area contributed by atoms with Crippen LogP contribution in [0.4, 0.5) is 5.13 Å². The number of nitrogens with zero attached hydrogens (tertiary/aromatic N) is 4. The van der Waals surface area contributed by atoms with Crippen LogP contribution in [0.25, 0.3) is 0 Å². The Labute approximate surface area is 139 Å². The van der Waals surface area contributed by atoms with Crippen molar-refractivity contribution in [2.45, 2.75) is 33.0 Å². The SMILES string of the molecule is CC(=O)Nc1nc(CN2CCOC(Cn3cc(C)cn3)C2)cs1. The van der Waals surface area contributed by atoms with E-state index >= 15 is 0 Å². The minimum absolute atomic E-state index is 0.0909. The van der Waals surface area contributed by atoms with Gasteiger partial charge in [0.25, 0.3) is 0 Å². The van der Waals surface area contributed by atoms with Crippen molar-refractivity contribution in [3.63, 3.8) is 0 Å². The fourth-order valence-electron chi connectivity index (χ4n) is 2.63. The van der Waals surface area contributed by atoms with Gasteiger partial charge in [-0.1, -0.05) is 0 Å². The number of carbonyl (C=O) groups is 1. The number of hydrogen-bond acceptors (Lipinski definition) is 6. The third-order valence-corrected chi connectivity index (χ3v) is 4.40. The molecule has 0 bridgehead atoms. The summed E-state index contributed by atoms with van der Waals surface area (Å²) in [5.74, 6) is -0.0909. The second-order valence-corrected chi connectivity index (χ2v) is 6.65. The van der Waals surface area contributed by atoms with Gasteiger partial charge in [0.15, 0.2) is 5.13 Å². The van der Waals surface area contributed by atoms with Crippen molar-refractivity contribution < 1.29 is 9.53 Å². The maximum atomic E-state index is 11.1. The lowest BCUT2D eigenvalue weighted by Crippen LogP contribution is -2.43. The van der Waals surface area contributed by atoms with Crippen LogP contribution in [0.15, 0.2) is 17.8 Å². The topological polar surface area (TPSA) is 72.3 Å². The maximum absolute atomic E-state index is 11.1. The third-order valence-electron chi connectivity index (χ3n) is 3.60. The zero-order valence-corrected chi connectivity index (χ0v) is 14.2. The molecule has 3 rings (SSSR count). The van der Waals surface area contributed by atoms with Gasteiger partial charge >= 0.3 is 0 Å². The highest BCUT2D eigenvalue weighted by Crippen LogP contribution is 2.18. The van der Waals surface area contributed by atoms with Crippen LogP contribution in [0.5, 0.6) is 0 Å². The molecule has 8 heteroatoms. The van der Waals surface area contributed by atoms with E-state index in [2.05, 4.69) is 20.3 Å². The van der Waals surface area contributed by atoms with Crippen molar-refractivity contribution in [3.8, 4) is 0 Å². The van der Waals surface area contributed by atoms with E-state index in [1.54, 1.807) is 0 Å². The fraction of sp³-hybridized carbons (Fsp3) is 0.533. The number of amides is 1. The number of nitrogens with one attached hydrogen (secondary N) is 1. The van der Waals surface area contributed by atoms with Crippen LogP contribution < -0.4 is 5.32 Å². The zero-order valence-electron chi connectivity index (χ0n) is 13.4. The van der Waals surface area contributed by atoms with E-state index in [0.717, 1.165) is 37.4 Å². The summed E-state index contributed by atoms with van der Waals surface area (Å²) < 4.78 is 7.77. The Morgan fingerprint density at radius 2 is 2.43 bits per heavy atom. The third kappa shape index (κ3) is 4.60. The predicted molar refractivity (Wildman–Crippen MR) is 88.4 cm³/mol. The van der Waals surface area contributed by atoms with Crippen LogP contribution in [0.1, 0.15) is 18.2 Å². The van der Waals surface area contributed by atoms with E-state index in [1.807, 2.05) is 29.4 Å². The molecule has 1 aliphatic heterocycles. The highest BCUT2D eigenvalue weighted by Gasteiger charge is 2.22. The molecule has 1 fully saturated rings. The molecule has 2 aromatic heterocycles. The molecule has 1 N–H and O–H groups in total. The van der Waals surface area contributed by atoms with E-state index in [9.17, 15) is 4.79 Å². The summed E-state index contributed by atoms with van der Waals surface area (Å²) in [7, 11) is 0. The summed E-state index contributed by atoms with van der Waals surface area (Å²) in [4.78, 5) is 17.8. The maximum Gasteiger partial charge on any atom is 0.223 e. The quantitative estimate of drug-likeness (QED) is 0.897. The molecule has 0 spiro atoms. The molecule has 23 heavy (non-hydrogen) atoms. The number of thiazole rings is 1. The number of aryl methyl sites for hydroxylation is 1. The molecular formula is C15H21N5O2S. The monoisotopic (exact) mass is 335 g/mol. The van der Waals surface area contributed by atoms with E-state index < -0.39 is 0 Å². The van der Waals surface area contributed by atoms with Gasteiger partial charge in [-0.25, -0.2) is 4.98 Å². The van der Waals surface area contributed by atoms with Crippen molar-refractivity contribution in [1.82, 2.24) is 19.7 Å². The van der Waals surface area contributed by atoms with Gasteiger partial charge in [0.2, 0.25) is 5.91 Å². The summed E-state index contributed by atoms with van der Waals surface area (Å²) >= 11 is 1.46. The average Bonchev–Trinajstić information content (AvgIpc) is 3.08. The average molecular weight is 335 g/mol. The number of anilines is 1. The van der Waals surface area contributed by atoms with E-state index in [4.69, 9.17) is 4.74 Å². The Kier molecular flexibility index (Phi) is 5.04. The molecule has 124 valence electrons. The van der Waals surface area contributed by atoms with Gasteiger partial charge in [0.05, 0.1) is 31.1 Å². The van der Waals surface area contributed by atoms with Gasteiger partial charge in [-0.3, -0.25) is 14.4 Å². The van der Waals surface area contributed by atoms with E-state index in [0.29, 0.717) is 11.7 Å². The van der Waals surface area contributed by atoms with Crippen molar-refractivity contribution in [3.05, 3.63) is 29.0 Å². The normalized spacial score (nSPS) is 19.0. The lowest BCUT2D eigenvalue weighted by atomic mass is 10.2. The predicted octanol–water partition coefficient (Wildman–Crippen LogP) is 1.51. The number of morpholine rings is 1. The fourth-order valence-corrected chi connectivity index (χ4v) is 3.37. The number of rotatable bonds is 5. The molecule has 1 aliphatic rings. The van der Waals surface area contributed by atoms with Crippen molar-refractivity contribution in [2.75, 3.05) is 25.0 Å². The van der Waals surface area contributed by atoms with E-state index in [-0.39, 0.29) is 12.0 Å². The summed E-state index contributed by atoms with van der Waals surface area (Å²) in [6.45, 7) is 7.52. The molecule has 0 radical (unpaired) electrons. The molecule has 0 aromatic carbocycles. The van der Waals surface area contributed by atoms with Gasteiger partial charge in [-0.05, 0) is 12.5 Å². The first-order valence-corrected chi connectivity index (χ1v) is 8.51. The second-order valence-electron chi connectivity index (χ2n) is 5.79. The highest BCUT2D eigenvalue weighted by molar-refractivity contribution is 7.13. The minimum Gasteiger partial charge on any atom is -0.374 e. The molecule has 7 nitrogen and oxygen atoms in total. The van der Waals surface area contributed by atoms with Crippen molar-refractivity contribution in [1.29, 1.82) is 0 Å². The van der Waals surface area contributed by atoms with Crippen molar-refractivity contribution >= 4 is 22.4 Å². The Balaban J connectivity index is 1.54. The number of ether oxygens (including phenoxy) is 1. The number of carbonyl (C=O) groups excluding carboxylic acids is 1. The Hall–Kier alpha value is -1.77. The summed E-state index contributed by atoms with van der Waals surface area (Å²) in [5, 5.41) is 9.69.